The highest BCUT2D eigenvalue weighted by atomic mass is 16.5. The molecule has 6 rings (SSSR count). The molecule has 1 aromatic carbocycles. The maximum atomic E-state index is 13.6. The Morgan fingerprint density at radius 1 is 1.35 bits per heavy atom. The molecule has 2 heterocycles. The summed E-state index contributed by atoms with van der Waals surface area (Å²) in [5.74, 6) is -0.569. The molecule has 1 spiro atoms. The third-order valence-electron chi connectivity index (χ3n) is 8.38. The standard InChI is InChI=1S/C24H30N2O5/c1-12(2)25-22(29)15-10-24(30)17-9-14-5-6-16(27)20-18(14)23(24,21(31-20)19(15)28)7-8-26(17)11-13-3-4-13/h5-6,12-13,15,17,21,27,30H,3-4,7-11H2,1-2H3,(H,25,29)/t15?,17-,21+,23+,24-/m1/s1. The molecule has 31 heavy (non-hydrogen) atoms. The van der Waals surface area contributed by atoms with Crippen molar-refractivity contribution in [3.8, 4) is 11.5 Å². The number of carbonyl (C=O) groups is 2. The first-order chi connectivity index (χ1) is 14.8. The number of phenolic OH excluding ortho intramolecular Hbond substituents is 1. The molecule has 3 fully saturated rings. The molecule has 166 valence electrons. The maximum absolute atomic E-state index is 13.6. The molecule has 2 bridgehead atoms. The number of nitrogens with zero attached hydrogens (tertiary/aromatic N) is 1. The molecule has 7 nitrogen and oxygen atoms in total. The van der Waals surface area contributed by atoms with Crippen LogP contribution in [0.3, 0.4) is 0 Å². The van der Waals surface area contributed by atoms with Gasteiger partial charge in [0.15, 0.2) is 23.4 Å². The number of nitrogens with one attached hydrogen (secondary N) is 1. The van der Waals surface area contributed by atoms with Gasteiger partial charge in [0.25, 0.3) is 0 Å². The maximum Gasteiger partial charge on any atom is 0.231 e. The Hall–Kier alpha value is -2.12. The first-order valence-electron chi connectivity index (χ1n) is 11.6. The van der Waals surface area contributed by atoms with Crippen LogP contribution in [0.4, 0.5) is 0 Å². The Bertz CT molecular complexity index is 988. The fourth-order valence-corrected chi connectivity index (χ4v) is 6.91. The highest BCUT2D eigenvalue weighted by Gasteiger charge is 2.75. The number of piperidine rings is 1. The first kappa shape index (κ1) is 19.6. The third kappa shape index (κ3) is 2.42. The number of carbonyl (C=O) groups excluding carboxylic acids is 2. The number of hydrogen-bond donors (Lipinski definition) is 3. The van der Waals surface area contributed by atoms with E-state index in [4.69, 9.17) is 4.74 Å². The molecular formula is C24H30N2O5. The minimum absolute atomic E-state index is 0.000262. The second kappa shape index (κ2) is 6.23. The van der Waals surface area contributed by atoms with Crippen molar-refractivity contribution >= 4 is 11.7 Å². The summed E-state index contributed by atoms with van der Waals surface area (Å²) in [5.41, 5.74) is -0.309. The van der Waals surface area contributed by atoms with Gasteiger partial charge in [-0.25, -0.2) is 0 Å². The average molecular weight is 427 g/mol. The predicted octanol–water partition coefficient (Wildman–Crippen LogP) is 1.28. The van der Waals surface area contributed by atoms with Crippen LogP contribution in [0.5, 0.6) is 11.5 Å². The van der Waals surface area contributed by atoms with Crippen LogP contribution in [-0.2, 0) is 21.4 Å². The van der Waals surface area contributed by atoms with Crippen molar-refractivity contribution in [1.82, 2.24) is 10.2 Å². The molecule has 1 aromatic rings. The second-order valence-electron chi connectivity index (χ2n) is 10.6. The fraction of sp³-hybridized carbons (Fsp3) is 0.667. The smallest absolute Gasteiger partial charge is 0.231 e. The minimum atomic E-state index is -1.26. The lowest BCUT2D eigenvalue weighted by atomic mass is 9.47. The summed E-state index contributed by atoms with van der Waals surface area (Å²) in [5, 5.41) is 25.8. The number of likely N-dealkylation sites (tertiary alicyclic amines) is 1. The lowest BCUT2D eigenvalue weighted by molar-refractivity contribution is -0.198. The van der Waals surface area contributed by atoms with E-state index >= 15 is 0 Å². The molecule has 1 unspecified atom stereocenters. The predicted molar refractivity (Wildman–Crippen MR) is 112 cm³/mol. The zero-order valence-electron chi connectivity index (χ0n) is 18.1. The van der Waals surface area contributed by atoms with Gasteiger partial charge in [-0.3, -0.25) is 14.5 Å². The zero-order chi connectivity index (χ0) is 21.7. The van der Waals surface area contributed by atoms with Crippen molar-refractivity contribution in [2.45, 2.75) is 75.2 Å². The molecule has 0 radical (unpaired) electrons. The van der Waals surface area contributed by atoms with Crippen molar-refractivity contribution in [3.63, 3.8) is 0 Å². The number of benzene rings is 1. The normalized spacial score (nSPS) is 38.1. The van der Waals surface area contributed by atoms with Crippen LogP contribution in [0.1, 0.15) is 50.7 Å². The average Bonchev–Trinajstić information content (AvgIpc) is 3.44. The summed E-state index contributed by atoms with van der Waals surface area (Å²) < 4.78 is 6.14. The molecule has 5 atom stereocenters. The number of ketones is 1. The van der Waals surface area contributed by atoms with E-state index in [1.165, 1.54) is 12.8 Å². The van der Waals surface area contributed by atoms with Gasteiger partial charge < -0.3 is 20.3 Å². The van der Waals surface area contributed by atoms with E-state index in [1.54, 1.807) is 6.07 Å². The molecule has 3 N–H and O–H groups in total. The van der Waals surface area contributed by atoms with Gasteiger partial charge in [-0.05, 0) is 70.0 Å². The number of phenols is 1. The van der Waals surface area contributed by atoms with Gasteiger partial charge in [0.2, 0.25) is 5.91 Å². The molecule has 2 aliphatic heterocycles. The summed E-state index contributed by atoms with van der Waals surface area (Å²) in [6.45, 7) is 5.46. The first-order valence-corrected chi connectivity index (χ1v) is 11.6. The zero-order valence-corrected chi connectivity index (χ0v) is 18.1. The van der Waals surface area contributed by atoms with Gasteiger partial charge >= 0.3 is 0 Å². The summed E-state index contributed by atoms with van der Waals surface area (Å²) in [7, 11) is 0. The quantitative estimate of drug-likeness (QED) is 0.628. The Morgan fingerprint density at radius 3 is 2.84 bits per heavy atom. The van der Waals surface area contributed by atoms with Gasteiger partial charge in [0.05, 0.1) is 11.0 Å². The number of aliphatic hydroxyl groups is 1. The van der Waals surface area contributed by atoms with Crippen LogP contribution in [0.2, 0.25) is 0 Å². The number of aromatic hydroxyl groups is 1. The van der Waals surface area contributed by atoms with E-state index in [0.717, 1.165) is 24.2 Å². The summed E-state index contributed by atoms with van der Waals surface area (Å²) >= 11 is 0. The van der Waals surface area contributed by atoms with E-state index < -0.39 is 23.0 Å². The minimum Gasteiger partial charge on any atom is -0.504 e. The third-order valence-corrected chi connectivity index (χ3v) is 8.38. The lowest BCUT2D eigenvalue weighted by Gasteiger charge is -2.63. The van der Waals surface area contributed by atoms with Gasteiger partial charge in [-0.15, -0.1) is 0 Å². The van der Waals surface area contributed by atoms with E-state index in [-0.39, 0.29) is 35.9 Å². The van der Waals surface area contributed by atoms with E-state index in [1.807, 2.05) is 19.9 Å². The lowest BCUT2D eigenvalue weighted by Crippen LogP contribution is -2.78. The fourth-order valence-electron chi connectivity index (χ4n) is 6.91. The van der Waals surface area contributed by atoms with Crippen LogP contribution >= 0.6 is 0 Å². The molecule has 1 saturated heterocycles. The van der Waals surface area contributed by atoms with Gasteiger partial charge in [-0.1, -0.05) is 6.07 Å². The van der Waals surface area contributed by atoms with Crippen LogP contribution in [-0.4, -0.2) is 63.7 Å². The monoisotopic (exact) mass is 426 g/mol. The number of ether oxygens (including phenoxy) is 1. The SMILES string of the molecule is CC(C)NC(=O)C1C[C@@]2(O)[C@H]3Cc4ccc(O)c5c4[C@@]2(CCN3CC2CC2)[C@@H](O5)C1=O. The Kier molecular flexibility index (Phi) is 3.93. The summed E-state index contributed by atoms with van der Waals surface area (Å²) in [4.78, 5) is 29.0. The second-order valence-corrected chi connectivity index (χ2v) is 10.6. The van der Waals surface area contributed by atoms with Gasteiger partial charge in [-0.2, -0.15) is 0 Å². The molecule has 5 aliphatic rings. The van der Waals surface area contributed by atoms with Crippen LogP contribution in [0, 0.1) is 11.8 Å². The topological polar surface area (TPSA) is 99.1 Å². The molecular weight excluding hydrogens is 396 g/mol. The van der Waals surface area contributed by atoms with Crippen LogP contribution in [0.15, 0.2) is 12.1 Å². The van der Waals surface area contributed by atoms with Crippen molar-refractivity contribution in [2.24, 2.45) is 11.8 Å². The van der Waals surface area contributed by atoms with Crippen molar-refractivity contribution in [1.29, 1.82) is 0 Å². The molecule has 7 heteroatoms. The summed E-state index contributed by atoms with van der Waals surface area (Å²) in [6, 6.07) is 3.27. The molecule has 0 aromatic heterocycles. The van der Waals surface area contributed by atoms with Crippen molar-refractivity contribution < 1.29 is 24.5 Å². The highest BCUT2D eigenvalue weighted by molar-refractivity contribution is 6.06. The van der Waals surface area contributed by atoms with E-state index in [0.29, 0.717) is 24.5 Å². The number of rotatable bonds is 4. The van der Waals surface area contributed by atoms with Crippen molar-refractivity contribution in [2.75, 3.05) is 13.1 Å². The van der Waals surface area contributed by atoms with E-state index in [9.17, 15) is 19.8 Å². The van der Waals surface area contributed by atoms with Crippen LogP contribution in [0.25, 0.3) is 0 Å². The van der Waals surface area contributed by atoms with Gasteiger partial charge in [0.1, 0.15) is 5.92 Å². The number of Topliss-reactive ketones (excluding diaryl/α,β-unsaturated/α-hetero) is 1. The number of hydrogen-bond acceptors (Lipinski definition) is 6. The summed E-state index contributed by atoms with van der Waals surface area (Å²) in [6.07, 6.45) is 2.84. The van der Waals surface area contributed by atoms with Gasteiger partial charge in [0, 0.05) is 24.2 Å². The Labute approximate surface area is 181 Å². The van der Waals surface area contributed by atoms with Crippen LogP contribution < -0.4 is 10.1 Å². The Balaban J connectivity index is 1.51. The molecule has 2 saturated carbocycles. The van der Waals surface area contributed by atoms with E-state index in [2.05, 4.69) is 10.2 Å². The molecule has 1 amide bonds. The highest BCUT2D eigenvalue weighted by Crippen LogP contribution is 2.65. The molecule has 3 aliphatic carbocycles. The Morgan fingerprint density at radius 2 is 2.13 bits per heavy atom. The number of amides is 1. The largest absolute Gasteiger partial charge is 0.504 e. The van der Waals surface area contributed by atoms with Crippen molar-refractivity contribution in [3.05, 3.63) is 23.3 Å².